The Labute approximate surface area is 52.6 Å². The van der Waals surface area contributed by atoms with Gasteiger partial charge in [-0.3, -0.25) is 0 Å². The van der Waals surface area contributed by atoms with Crippen LogP contribution >= 0.6 is 0 Å². The van der Waals surface area contributed by atoms with E-state index in [0.29, 0.717) is 0 Å². The monoisotopic (exact) mass is 146 g/mol. The Morgan fingerprint density at radius 3 is 0.571 bits per heavy atom. The van der Waals surface area contributed by atoms with Gasteiger partial charge in [-0.15, -0.1) is 0 Å². The van der Waals surface area contributed by atoms with Crippen LogP contribution < -0.4 is 0 Å². The maximum atomic E-state index is 8.00. The Balaban J connectivity index is -0.00000000900. The van der Waals surface area contributed by atoms with Crippen molar-refractivity contribution in [2.75, 3.05) is 0 Å². The van der Waals surface area contributed by atoms with Gasteiger partial charge in [0.15, 0.2) is 0 Å². The first-order valence-electron chi connectivity index (χ1n) is 0.866. The van der Waals surface area contributed by atoms with Gasteiger partial charge in [0.25, 0.3) is 0 Å². The van der Waals surface area contributed by atoms with E-state index in [4.69, 9.17) is 14.4 Å². The molecule has 7 heavy (non-hydrogen) atoms. The molecule has 0 saturated carbocycles. The maximum Gasteiger partial charge on any atom is 0.106 e. The fourth-order valence-corrected chi connectivity index (χ4v) is 0. The van der Waals surface area contributed by atoms with E-state index in [1.165, 1.54) is 0 Å². The summed E-state index contributed by atoms with van der Waals surface area (Å²) in [5.74, 6) is 0. The van der Waals surface area contributed by atoms with Crippen molar-refractivity contribution in [3.63, 3.8) is 0 Å². The first-order chi connectivity index (χ1) is 3.00. The molecule has 0 atom stereocenters. The van der Waals surface area contributed by atoms with Crippen molar-refractivity contribution in [3.8, 4) is 0 Å². The standard InChI is InChI=1S/3CH2O.Fe/c3*1-2;/h3*1H2;. The van der Waals surface area contributed by atoms with Crippen LogP contribution in [0.2, 0.25) is 0 Å². The van der Waals surface area contributed by atoms with Gasteiger partial charge in [0, 0.05) is 17.1 Å². The molecular formula is C3H6FeO3. The SMILES string of the molecule is C=O.C=O.C=O.[Fe]. The smallest absolute Gasteiger partial charge is 0.106 e. The maximum absolute atomic E-state index is 8.00. The summed E-state index contributed by atoms with van der Waals surface area (Å²) in [6, 6.07) is 0. The molecule has 0 heterocycles. The van der Waals surface area contributed by atoms with E-state index in [1.807, 2.05) is 20.4 Å². The van der Waals surface area contributed by atoms with Crippen LogP contribution in [-0.4, -0.2) is 20.4 Å². The molecule has 0 bridgehead atoms. The Morgan fingerprint density at radius 2 is 0.571 bits per heavy atom. The van der Waals surface area contributed by atoms with Gasteiger partial charge >= 0.3 is 0 Å². The van der Waals surface area contributed by atoms with Crippen LogP contribution in [0.1, 0.15) is 0 Å². The molecule has 4 heteroatoms. The summed E-state index contributed by atoms with van der Waals surface area (Å²) in [6.07, 6.45) is 0. The van der Waals surface area contributed by atoms with Crippen LogP contribution in [0.4, 0.5) is 0 Å². The molecule has 0 N–H and O–H groups in total. The van der Waals surface area contributed by atoms with Crippen molar-refractivity contribution in [2.24, 2.45) is 0 Å². The van der Waals surface area contributed by atoms with Gasteiger partial charge in [0.05, 0.1) is 0 Å². The predicted octanol–water partition coefficient (Wildman–Crippen LogP) is -0.557. The summed E-state index contributed by atoms with van der Waals surface area (Å²) in [5.41, 5.74) is 0. The molecule has 0 aromatic rings. The summed E-state index contributed by atoms with van der Waals surface area (Å²) in [4.78, 5) is 24.0. The number of rotatable bonds is 0. The van der Waals surface area contributed by atoms with Crippen LogP contribution in [0.15, 0.2) is 0 Å². The third-order valence-electron chi connectivity index (χ3n) is 0. The topological polar surface area (TPSA) is 51.2 Å². The fourth-order valence-electron chi connectivity index (χ4n) is 0. The molecule has 0 aliphatic rings. The van der Waals surface area contributed by atoms with Gasteiger partial charge in [-0.05, 0) is 0 Å². The Kier molecular flexibility index (Phi) is 2280. The largest absolute Gasteiger partial charge is 0.307 e. The molecule has 0 radical (unpaired) electrons. The molecule has 0 spiro atoms. The van der Waals surface area contributed by atoms with Gasteiger partial charge in [0.1, 0.15) is 20.4 Å². The van der Waals surface area contributed by atoms with Crippen molar-refractivity contribution in [1.29, 1.82) is 0 Å². The van der Waals surface area contributed by atoms with Crippen molar-refractivity contribution in [1.82, 2.24) is 0 Å². The summed E-state index contributed by atoms with van der Waals surface area (Å²) in [7, 11) is 0. The minimum atomic E-state index is 0. The molecule has 0 unspecified atom stereocenters. The summed E-state index contributed by atoms with van der Waals surface area (Å²) in [6.45, 7) is 6.00. The first kappa shape index (κ1) is 31.2. The third-order valence-corrected chi connectivity index (χ3v) is 0. The molecule has 0 aromatic carbocycles. The Morgan fingerprint density at radius 1 is 0.571 bits per heavy atom. The van der Waals surface area contributed by atoms with Gasteiger partial charge in [0.2, 0.25) is 0 Å². The van der Waals surface area contributed by atoms with Crippen LogP contribution in [0.25, 0.3) is 0 Å². The van der Waals surface area contributed by atoms with Crippen LogP contribution in [0.3, 0.4) is 0 Å². The number of carbonyl (C=O) groups is 3. The van der Waals surface area contributed by atoms with E-state index in [2.05, 4.69) is 0 Å². The summed E-state index contributed by atoms with van der Waals surface area (Å²) < 4.78 is 0. The molecule has 0 aliphatic heterocycles. The second-order valence-corrected chi connectivity index (χ2v) is 0. The minimum Gasteiger partial charge on any atom is -0.307 e. The normalized spacial score (nSPS) is 1.71. The van der Waals surface area contributed by atoms with Gasteiger partial charge in [-0.2, -0.15) is 0 Å². The first-order valence-corrected chi connectivity index (χ1v) is 0.866. The van der Waals surface area contributed by atoms with Crippen LogP contribution in [0, 0.1) is 0 Å². The molecule has 0 aliphatic carbocycles. The zero-order valence-corrected chi connectivity index (χ0v) is 4.80. The predicted molar refractivity (Wildman–Crippen MR) is 21.4 cm³/mol. The molecule has 0 saturated heterocycles. The second-order valence-electron chi connectivity index (χ2n) is 0. The third kappa shape index (κ3) is 311. The fraction of sp³-hybridized carbons (Fsp3) is 0. The molecular weight excluding hydrogens is 140 g/mol. The van der Waals surface area contributed by atoms with Crippen LogP contribution in [0.5, 0.6) is 0 Å². The van der Waals surface area contributed by atoms with E-state index >= 15 is 0 Å². The quantitative estimate of drug-likeness (QED) is 0.430. The van der Waals surface area contributed by atoms with E-state index < -0.39 is 0 Å². The number of carbonyl (C=O) groups excluding carboxylic acids is 3. The Hall–Kier alpha value is -0.471. The van der Waals surface area contributed by atoms with E-state index in [1.54, 1.807) is 0 Å². The average Bonchev–Trinajstić information content (AvgIpc) is 1.81. The van der Waals surface area contributed by atoms with Crippen molar-refractivity contribution in [2.45, 2.75) is 0 Å². The summed E-state index contributed by atoms with van der Waals surface area (Å²) in [5, 5.41) is 0. The number of hydrogen-bond acceptors (Lipinski definition) is 3. The van der Waals surface area contributed by atoms with E-state index in [-0.39, 0.29) is 17.1 Å². The van der Waals surface area contributed by atoms with Gasteiger partial charge in [-0.25, -0.2) is 0 Å². The van der Waals surface area contributed by atoms with Crippen molar-refractivity contribution < 1.29 is 31.5 Å². The van der Waals surface area contributed by atoms with E-state index in [9.17, 15) is 0 Å². The van der Waals surface area contributed by atoms with Crippen molar-refractivity contribution >= 4 is 20.4 Å². The molecule has 0 amide bonds. The molecule has 3 nitrogen and oxygen atoms in total. The second kappa shape index (κ2) is 512. The van der Waals surface area contributed by atoms with Crippen molar-refractivity contribution in [3.05, 3.63) is 0 Å². The zero-order valence-electron chi connectivity index (χ0n) is 3.70. The average molecular weight is 146 g/mol. The van der Waals surface area contributed by atoms with Gasteiger partial charge < -0.3 is 14.4 Å². The minimum absolute atomic E-state index is 0. The Bertz CT molecular complexity index is 14.9. The van der Waals surface area contributed by atoms with E-state index in [0.717, 1.165) is 0 Å². The molecule has 0 aromatic heterocycles. The molecule has 0 rings (SSSR count). The van der Waals surface area contributed by atoms with Gasteiger partial charge in [-0.1, -0.05) is 0 Å². The number of hydrogen-bond donors (Lipinski definition) is 0. The zero-order chi connectivity index (χ0) is 6.00. The van der Waals surface area contributed by atoms with Crippen LogP contribution in [-0.2, 0) is 31.5 Å². The summed E-state index contributed by atoms with van der Waals surface area (Å²) >= 11 is 0. The molecule has 44 valence electrons. The molecule has 0 fully saturated rings.